The minimum atomic E-state index is -1.94. The molecule has 0 unspecified atom stereocenters. The van der Waals surface area contributed by atoms with E-state index in [1.54, 1.807) is 0 Å². The Hall–Kier alpha value is -4.72. The second-order valence-electron chi connectivity index (χ2n) is 12.3. The van der Waals surface area contributed by atoms with Crippen molar-refractivity contribution >= 4 is 59.1 Å². The molecule has 2 aliphatic rings. The molecule has 5 amide bonds. The van der Waals surface area contributed by atoms with Crippen molar-refractivity contribution in [3.63, 3.8) is 0 Å². The van der Waals surface area contributed by atoms with Crippen molar-refractivity contribution < 1.29 is 87.1 Å². The van der Waals surface area contributed by atoms with Crippen LogP contribution in [0.15, 0.2) is 30.4 Å². The molecule has 1 fully saturated rings. The molecular formula is C35H48N4O18S. The summed E-state index contributed by atoms with van der Waals surface area (Å²) in [6.07, 6.45) is -7.29. The Morgan fingerprint density at radius 3 is 1.93 bits per heavy atom. The number of hydrogen-bond acceptors (Lipinski definition) is 17. The number of imide groups is 1. The third-order valence-corrected chi connectivity index (χ3v) is 8.16. The topological polar surface area (TPSA) is 304 Å². The molecule has 0 bridgehead atoms. The van der Waals surface area contributed by atoms with E-state index in [2.05, 4.69) is 28.6 Å². The van der Waals surface area contributed by atoms with E-state index in [1.165, 1.54) is 18.2 Å². The zero-order valence-corrected chi connectivity index (χ0v) is 32.2. The average Bonchev–Trinajstić information content (AvgIpc) is 3.50. The summed E-state index contributed by atoms with van der Waals surface area (Å²) in [5, 5.41) is 46.6. The first kappa shape index (κ1) is 47.7. The van der Waals surface area contributed by atoms with Gasteiger partial charge in [0.05, 0.1) is 58.5 Å². The van der Waals surface area contributed by atoms with Gasteiger partial charge in [-0.25, -0.2) is 9.59 Å². The molecule has 2 aliphatic heterocycles. The lowest BCUT2D eigenvalue weighted by molar-refractivity contribution is -0.271. The Balaban J connectivity index is 1.22. The van der Waals surface area contributed by atoms with Gasteiger partial charge in [-0.05, 0) is 17.7 Å². The van der Waals surface area contributed by atoms with Gasteiger partial charge in [-0.1, -0.05) is 18.7 Å². The predicted molar refractivity (Wildman–Crippen MR) is 198 cm³/mol. The van der Waals surface area contributed by atoms with Crippen LogP contribution >= 0.6 is 12.6 Å². The third-order valence-electron chi connectivity index (χ3n) is 8.03. The van der Waals surface area contributed by atoms with Gasteiger partial charge in [-0.15, -0.1) is 0 Å². The van der Waals surface area contributed by atoms with E-state index in [1.807, 2.05) is 0 Å². The second-order valence-corrected chi connectivity index (χ2v) is 12.7. The van der Waals surface area contributed by atoms with E-state index in [-0.39, 0.29) is 95.2 Å². The van der Waals surface area contributed by atoms with Crippen LogP contribution in [0.5, 0.6) is 5.75 Å². The van der Waals surface area contributed by atoms with Gasteiger partial charge >= 0.3 is 11.3 Å². The lowest BCUT2D eigenvalue weighted by Crippen LogP contribution is -2.61. The minimum absolute atomic E-state index is 0.00163. The van der Waals surface area contributed by atoms with Crippen LogP contribution in [0.4, 0.5) is 10.5 Å². The van der Waals surface area contributed by atoms with Crippen molar-refractivity contribution in [2.24, 2.45) is 0 Å². The summed E-state index contributed by atoms with van der Waals surface area (Å²) in [6, 6.07) is 4.11. The monoisotopic (exact) mass is 844 g/mol. The molecular weight excluding hydrogens is 796 g/mol. The summed E-state index contributed by atoms with van der Waals surface area (Å²) in [7, 11) is 0. The number of nitrogens with one attached hydrogen (secondary N) is 3. The maximum absolute atomic E-state index is 12.8. The number of nitrogens with zero attached hydrogens (tertiary/aromatic N) is 1. The van der Waals surface area contributed by atoms with E-state index in [0.717, 1.165) is 17.1 Å². The zero-order chi connectivity index (χ0) is 42.5. The number of benzene rings is 1. The molecule has 0 radical (unpaired) electrons. The summed E-state index contributed by atoms with van der Waals surface area (Å²) < 4.78 is 37.2. The fraction of sp³-hybridized carbons (Fsp3) is 0.571. The molecule has 1 aromatic carbocycles. The Morgan fingerprint density at radius 1 is 0.724 bits per heavy atom. The summed E-state index contributed by atoms with van der Waals surface area (Å²) in [6.45, 7) is 2.05. The molecule has 1 saturated heterocycles. The predicted octanol–water partition coefficient (Wildman–Crippen LogP) is -2.14. The highest BCUT2D eigenvalue weighted by molar-refractivity contribution is 7.96. The smallest absolute Gasteiger partial charge is 0.364 e. The molecule has 23 heteroatoms. The van der Waals surface area contributed by atoms with Crippen molar-refractivity contribution in [2.45, 2.75) is 56.6 Å². The summed E-state index contributed by atoms with van der Waals surface area (Å²) in [5.74, 6) is -3.89. The molecule has 322 valence electrons. The largest absolute Gasteiger partial charge is 0.479 e. The van der Waals surface area contributed by atoms with E-state index in [0.29, 0.717) is 32.0 Å². The second kappa shape index (κ2) is 25.6. The van der Waals surface area contributed by atoms with Crippen LogP contribution in [0.1, 0.15) is 24.8 Å². The molecule has 1 aromatic rings. The maximum atomic E-state index is 12.8. The highest BCUT2D eigenvalue weighted by atomic mass is 32.1. The molecule has 0 spiro atoms. The first-order chi connectivity index (χ1) is 27.8. The molecule has 0 aliphatic carbocycles. The Bertz CT molecular complexity index is 1580. The third kappa shape index (κ3) is 17.0. The van der Waals surface area contributed by atoms with Gasteiger partial charge in [0, 0.05) is 51.0 Å². The van der Waals surface area contributed by atoms with Crippen LogP contribution < -0.4 is 20.7 Å². The zero-order valence-electron chi connectivity index (χ0n) is 31.3. The number of carboxylic acids is 1. The van der Waals surface area contributed by atoms with Gasteiger partial charge in [0.1, 0.15) is 30.7 Å². The number of ether oxygens (including phenoxy) is 7. The lowest BCUT2D eigenvalue weighted by atomic mass is 9.99. The maximum Gasteiger partial charge on any atom is 0.364 e. The van der Waals surface area contributed by atoms with E-state index in [9.17, 15) is 54.0 Å². The average molecular weight is 845 g/mol. The molecule has 5 atom stereocenters. The minimum Gasteiger partial charge on any atom is -0.479 e. The van der Waals surface area contributed by atoms with Crippen molar-refractivity contribution in [3.8, 4) is 5.75 Å². The summed E-state index contributed by atoms with van der Waals surface area (Å²) in [5.41, 5.74) is 0.370. The highest BCUT2D eigenvalue weighted by Gasteiger charge is 2.48. The van der Waals surface area contributed by atoms with E-state index >= 15 is 0 Å². The van der Waals surface area contributed by atoms with Gasteiger partial charge in [-0.2, -0.15) is 0 Å². The fourth-order valence-corrected chi connectivity index (χ4v) is 5.11. The number of aliphatic hydroxyl groups is 3. The fourth-order valence-electron chi connectivity index (χ4n) is 5.05. The van der Waals surface area contributed by atoms with Gasteiger partial charge in [0.2, 0.25) is 24.0 Å². The number of carbonyl (C=O) groups excluding carboxylic acids is 6. The quantitative estimate of drug-likeness (QED) is 0.0203. The molecule has 2 heterocycles. The number of rotatable bonds is 27. The molecule has 58 heavy (non-hydrogen) atoms. The standard InChI is InChI=1S/C35H48N4O18S/c40-24(6-10-39-27(43)3-4-28(39)44)37-9-12-52-14-16-54-18-17-53-15-13-51-11-7-25(41)36-8-5-26(42)38-22-19-21(20-55-35(50)58)1-2-23(22)56-34-31(47)29(45)30(46)32(57-34)33(48)49/h1-4,19,29-32,34,45-47H,5-18,20H2,(H,36,41)(H,37,40)(H,38,42)(H,48,49)(H,50,58)/t29-,30-,31+,32-,34+/m0/s1. The lowest BCUT2D eigenvalue weighted by Gasteiger charge is -2.38. The molecule has 0 aromatic heterocycles. The first-order valence-electron chi connectivity index (χ1n) is 18.0. The molecule has 7 N–H and O–H groups in total. The number of amides is 5. The molecule has 3 rings (SSSR count). The summed E-state index contributed by atoms with van der Waals surface area (Å²) >= 11 is 3.54. The van der Waals surface area contributed by atoms with Crippen molar-refractivity contribution in [1.82, 2.24) is 15.5 Å². The number of carbonyl (C=O) groups is 7. The Morgan fingerprint density at radius 2 is 1.31 bits per heavy atom. The Labute approximate surface area is 337 Å². The SMILES string of the molecule is O=C(CCOCCOCCOCCOCCNC(=O)CCN1C(=O)C=CC1=O)NCCC(=O)Nc1cc(COC(=O)S)ccc1O[C@@H]1O[C@H](C(=O)O)[C@@H](O)[C@H](O)[C@H]1O. The van der Waals surface area contributed by atoms with E-state index < -0.39 is 59.7 Å². The molecule has 0 saturated carbocycles. The van der Waals surface area contributed by atoms with Crippen LogP contribution in [0, 0.1) is 0 Å². The van der Waals surface area contributed by atoms with Crippen LogP contribution in [-0.4, -0.2) is 169 Å². The first-order valence-corrected chi connectivity index (χ1v) is 18.5. The Kier molecular flexibility index (Phi) is 21.0. The number of thiol groups is 1. The van der Waals surface area contributed by atoms with E-state index in [4.69, 9.17) is 33.2 Å². The van der Waals surface area contributed by atoms with Crippen molar-refractivity contribution in [2.75, 3.05) is 77.8 Å². The van der Waals surface area contributed by atoms with Crippen molar-refractivity contribution in [1.29, 1.82) is 0 Å². The number of aliphatic hydroxyl groups excluding tert-OH is 3. The number of hydrogen-bond donors (Lipinski definition) is 8. The van der Waals surface area contributed by atoms with Crippen LogP contribution in [0.2, 0.25) is 0 Å². The van der Waals surface area contributed by atoms with Gasteiger partial charge in [-0.3, -0.25) is 28.9 Å². The number of anilines is 1. The van der Waals surface area contributed by atoms with Gasteiger partial charge in [0.15, 0.2) is 6.10 Å². The molecule has 22 nitrogen and oxygen atoms in total. The van der Waals surface area contributed by atoms with Crippen molar-refractivity contribution in [3.05, 3.63) is 35.9 Å². The van der Waals surface area contributed by atoms with Gasteiger partial charge < -0.3 is 69.5 Å². The number of aliphatic carboxylic acids is 1. The van der Waals surface area contributed by atoms with Gasteiger partial charge in [0.25, 0.3) is 11.8 Å². The summed E-state index contributed by atoms with van der Waals surface area (Å²) in [4.78, 5) is 83.4. The van der Waals surface area contributed by atoms with Crippen LogP contribution in [0.3, 0.4) is 0 Å². The normalized spacial score (nSPS) is 20.1. The van der Waals surface area contributed by atoms with Crippen LogP contribution in [-0.2, 0) is 63.8 Å². The highest BCUT2D eigenvalue weighted by Crippen LogP contribution is 2.31. The number of carboxylic acid groups (broad SMARTS) is 1. The van der Waals surface area contributed by atoms with Crippen LogP contribution in [0.25, 0.3) is 0 Å².